The summed E-state index contributed by atoms with van der Waals surface area (Å²) in [6, 6.07) is 15.0. The molecule has 0 saturated heterocycles. The Labute approximate surface area is 140 Å². The van der Waals surface area contributed by atoms with Gasteiger partial charge in [0.25, 0.3) is 5.69 Å². The number of non-ortho nitro benzene ring substituents is 1. The molecule has 24 heavy (non-hydrogen) atoms. The van der Waals surface area contributed by atoms with Crippen LogP contribution in [0.25, 0.3) is 0 Å². The first-order valence-electron chi connectivity index (χ1n) is 7.73. The molecule has 1 aliphatic carbocycles. The molecule has 6 nitrogen and oxygen atoms in total. The summed E-state index contributed by atoms with van der Waals surface area (Å²) >= 11 is 0. The van der Waals surface area contributed by atoms with E-state index in [-0.39, 0.29) is 16.0 Å². The van der Waals surface area contributed by atoms with Crippen LogP contribution in [0.4, 0.5) is 5.69 Å². The lowest BCUT2D eigenvalue weighted by atomic mass is 9.64. The van der Waals surface area contributed by atoms with Gasteiger partial charge in [0.1, 0.15) is 0 Å². The average molecular weight is 346 g/mol. The van der Waals surface area contributed by atoms with E-state index in [0.717, 1.165) is 30.9 Å². The largest absolute Gasteiger partial charge is 0.270 e. The second kappa shape index (κ2) is 6.33. The van der Waals surface area contributed by atoms with E-state index in [1.807, 2.05) is 30.3 Å². The van der Waals surface area contributed by atoms with Crippen LogP contribution in [0.3, 0.4) is 0 Å². The van der Waals surface area contributed by atoms with Crippen LogP contribution in [0, 0.1) is 10.1 Å². The van der Waals surface area contributed by atoms with E-state index in [4.69, 9.17) is 0 Å². The van der Waals surface area contributed by atoms with Crippen molar-refractivity contribution in [1.82, 2.24) is 4.72 Å². The lowest BCUT2D eigenvalue weighted by Gasteiger charge is -2.42. The Kier molecular flexibility index (Phi) is 4.38. The minimum absolute atomic E-state index is 0.0840. The summed E-state index contributed by atoms with van der Waals surface area (Å²) in [5.41, 5.74) is 0.701. The Balaban J connectivity index is 1.80. The highest BCUT2D eigenvalue weighted by atomic mass is 32.2. The predicted molar refractivity (Wildman–Crippen MR) is 90.3 cm³/mol. The maximum atomic E-state index is 12.5. The normalized spacial score (nSPS) is 16.3. The van der Waals surface area contributed by atoms with Gasteiger partial charge >= 0.3 is 0 Å². The van der Waals surface area contributed by atoms with Crippen LogP contribution in [0.5, 0.6) is 0 Å². The molecule has 2 aromatic carbocycles. The molecule has 1 fully saturated rings. The number of nitro groups is 1. The van der Waals surface area contributed by atoms with E-state index in [1.165, 1.54) is 18.2 Å². The molecule has 7 heteroatoms. The molecule has 1 aliphatic rings. The van der Waals surface area contributed by atoms with Crippen LogP contribution < -0.4 is 4.72 Å². The lowest BCUT2D eigenvalue weighted by molar-refractivity contribution is -0.385. The molecule has 3 rings (SSSR count). The fraction of sp³-hybridized carbons (Fsp3) is 0.294. The van der Waals surface area contributed by atoms with Gasteiger partial charge in [-0.2, -0.15) is 0 Å². The molecule has 0 aliphatic heterocycles. The van der Waals surface area contributed by atoms with Gasteiger partial charge in [0.2, 0.25) is 10.0 Å². The topological polar surface area (TPSA) is 89.3 Å². The summed E-state index contributed by atoms with van der Waals surface area (Å²) in [7, 11) is -3.79. The fourth-order valence-corrected chi connectivity index (χ4v) is 4.21. The van der Waals surface area contributed by atoms with E-state index in [1.54, 1.807) is 0 Å². The molecular weight excluding hydrogens is 328 g/mol. The number of hydrogen-bond donors (Lipinski definition) is 1. The zero-order valence-corrected chi connectivity index (χ0v) is 13.8. The van der Waals surface area contributed by atoms with Gasteiger partial charge < -0.3 is 0 Å². The van der Waals surface area contributed by atoms with Gasteiger partial charge in [0.15, 0.2) is 0 Å². The minimum atomic E-state index is -3.79. The monoisotopic (exact) mass is 346 g/mol. The molecule has 0 radical (unpaired) electrons. The Bertz CT molecular complexity index is 846. The number of nitrogens with zero attached hydrogens (tertiary/aromatic N) is 1. The second-order valence-corrected chi connectivity index (χ2v) is 7.85. The average Bonchev–Trinajstić information content (AvgIpc) is 2.55. The van der Waals surface area contributed by atoms with E-state index in [2.05, 4.69) is 4.72 Å². The summed E-state index contributed by atoms with van der Waals surface area (Å²) in [4.78, 5) is 10.1. The molecule has 0 unspecified atom stereocenters. The first kappa shape index (κ1) is 16.6. The molecule has 2 aromatic rings. The Morgan fingerprint density at radius 2 is 1.79 bits per heavy atom. The van der Waals surface area contributed by atoms with Crippen molar-refractivity contribution in [2.45, 2.75) is 29.6 Å². The van der Waals surface area contributed by atoms with E-state index < -0.39 is 14.9 Å². The van der Waals surface area contributed by atoms with Gasteiger partial charge in [0.05, 0.1) is 9.82 Å². The van der Waals surface area contributed by atoms with Crippen LogP contribution in [-0.2, 0) is 15.4 Å². The third-order valence-corrected chi connectivity index (χ3v) is 6.04. The highest BCUT2D eigenvalue weighted by Crippen LogP contribution is 2.43. The molecule has 126 valence electrons. The second-order valence-electron chi connectivity index (χ2n) is 6.08. The first-order chi connectivity index (χ1) is 11.4. The quantitative estimate of drug-likeness (QED) is 0.643. The summed E-state index contributed by atoms with van der Waals surface area (Å²) in [6.45, 7) is 0.294. The number of nitrogens with one attached hydrogen (secondary N) is 1. The molecule has 0 atom stereocenters. The Morgan fingerprint density at radius 3 is 2.38 bits per heavy atom. The summed E-state index contributed by atoms with van der Waals surface area (Å²) in [5, 5.41) is 10.8. The van der Waals surface area contributed by atoms with Gasteiger partial charge in [-0.25, -0.2) is 13.1 Å². The minimum Gasteiger partial charge on any atom is -0.258 e. The van der Waals surface area contributed by atoms with Crippen molar-refractivity contribution in [3.8, 4) is 0 Å². The van der Waals surface area contributed by atoms with E-state index in [9.17, 15) is 18.5 Å². The van der Waals surface area contributed by atoms with E-state index >= 15 is 0 Å². The van der Waals surface area contributed by atoms with Crippen molar-refractivity contribution in [3.05, 3.63) is 70.3 Å². The highest BCUT2D eigenvalue weighted by Gasteiger charge is 2.39. The number of hydrogen-bond acceptors (Lipinski definition) is 4. The Morgan fingerprint density at radius 1 is 1.08 bits per heavy atom. The van der Waals surface area contributed by atoms with E-state index in [0.29, 0.717) is 6.54 Å². The van der Waals surface area contributed by atoms with Crippen LogP contribution in [0.1, 0.15) is 24.8 Å². The highest BCUT2D eigenvalue weighted by molar-refractivity contribution is 7.89. The smallest absolute Gasteiger partial charge is 0.258 e. The van der Waals surface area contributed by atoms with Crippen molar-refractivity contribution in [1.29, 1.82) is 0 Å². The zero-order valence-electron chi connectivity index (χ0n) is 13.0. The molecule has 0 spiro atoms. The maximum Gasteiger partial charge on any atom is 0.270 e. The molecule has 0 bridgehead atoms. The predicted octanol–water partition coefficient (Wildman–Crippen LogP) is 3.00. The number of sulfonamides is 1. The summed E-state index contributed by atoms with van der Waals surface area (Å²) in [6.07, 6.45) is 2.91. The first-order valence-corrected chi connectivity index (χ1v) is 9.21. The van der Waals surface area contributed by atoms with Gasteiger partial charge in [-0.15, -0.1) is 0 Å². The molecule has 0 aromatic heterocycles. The van der Waals surface area contributed by atoms with Gasteiger partial charge in [-0.1, -0.05) is 42.8 Å². The van der Waals surface area contributed by atoms with Crippen molar-refractivity contribution >= 4 is 15.7 Å². The fourth-order valence-electron chi connectivity index (χ4n) is 3.04. The Hall–Kier alpha value is -2.25. The van der Waals surface area contributed by atoms with Gasteiger partial charge in [0, 0.05) is 24.1 Å². The van der Waals surface area contributed by atoms with Crippen molar-refractivity contribution in [2.24, 2.45) is 0 Å². The van der Waals surface area contributed by atoms with Crippen LogP contribution in [0.2, 0.25) is 0 Å². The SMILES string of the molecule is O=[N+]([O-])c1cccc(S(=O)(=O)NCC2(c3ccccc3)CCC2)c1. The third kappa shape index (κ3) is 3.18. The summed E-state index contributed by atoms with van der Waals surface area (Å²) in [5.74, 6) is 0. The number of rotatable bonds is 6. The van der Waals surface area contributed by atoms with Gasteiger partial charge in [-0.3, -0.25) is 10.1 Å². The van der Waals surface area contributed by atoms with Crippen molar-refractivity contribution in [2.75, 3.05) is 6.54 Å². The standard InChI is InChI=1S/C17H18N2O4S/c20-19(21)15-8-4-9-16(12-15)24(22,23)18-13-17(10-5-11-17)14-6-2-1-3-7-14/h1-4,6-9,12,18H,5,10-11,13H2. The molecule has 1 N–H and O–H groups in total. The van der Waals surface area contributed by atoms with Crippen molar-refractivity contribution < 1.29 is 13.3 Å². The molecular formula is C17H18N2O4S. The lowest BCUT2D eigenvalue weighted by Crippen LogP contribution is -2.45. The van der Waals surface area contributed by atoms with Crippen molar-refractivity contribution in [3.63, 3.8) is 0 Å². The zero-order chi connectivity index (χ0) is 17.2. The van der Waals surface area contributed by atoms with Crippen LogP contribution in [-0.4, -0.2) is 19.9 Å². The molecule has 0 heterocycles. The molecule has 0 amide bonds. The molecule has 1 saturated carbocycles. The summed E-state index contributed by atoms with van der Waals surface area (Å²) < 4.78 is 27.6. The maximum absolute atomic E-state index is 12.5. The van der Waals surface area contributed by atoms with Crippen LogP contribution >= 0.6 is 0 Å². The number of nitro benzene ring substituents is 1. The number of benzene rings is 2. The van der Waals surface area contributed by atoms with Gasteiger partial charge in [-0.05, 0) is 24.5 Å². The third-order valence-electron chi connectivity index (χ3n) is 4.64. The van der Waals surface area contributed by atoms with Crippen LogP contribution in [0.15, 0.2) is 59.5 Å².